The van der Waals surface area contributed by atoms with E-state index in [0.717, 1.165) is 12.3 Å². The first-order valence-corrected chi connectivity index (χ1v) is 9.36. The topological polar surface area (TPSA) is 23.8 Å². The standard InChI is InChI=1S/C19H25NS/c1-2-4-14-7-8-17(13-20)19(11-14)21-18-10-9-15-5-3-6-16(15)12-18/h9-10,12,14,17,19H,2-8,11H2,1H3. The first kappa shape index (κ1) is 15.0. The summed E-state index contributed by atoms with van der Waals surface area (Å²) in [6, 6.07) is 9.56. The fraction of sp³-hybridized carbons (Fsp3) is 0.632. The van der Waals surface area contributed by atoms with Crippen molar-refractivity contribution < 1.29 is 0 Å². The molecule has 1 saturated carbocycles. The first-order chi connectivity index (χ1) is 10.3. The van der Waals surface area contributed by atoms with Crippen LogP contribution >= 0.6 is 11.8 Å². The highest BCUT2D eigenvalue weighted by Crippen LogP contribution is 2.41. The minimum Gasteiger partial charge on any atom is -0.198 e. The van der Waals surface area contributed by atoms with Crippen LogP contribution < -0.4 is 0 Å². The van der Waals surface area contributed by atoms with Gasteiger partial charge in [-0.15, -0.1) is 11.8 Å². The van der Waals surface area contributed by atoms with Gasteiger partial charge in [0.1, 0.15) is 0 Å². The van der Waals surface area contributed by atoms with Gasteiger partial charge in [-0.05, 0) is 67.7 Å². The highest BCUT2D eigenvalue weighted by molar-refractivity contribution is 8.00. The zero-order valence-corrected chi connectivity index (χ0v) is 13.8. The minimum atomic E-state index is 0.247. The van der Waals surface area contributed by atoms with E-state index < -0.39 is 0 Å². The van der Waals surface area contributed by atoms with Gasteiger partial charge < -0.3 is 0 Å². The lowest BCUT2D eigenvalue weighted by molar-refractivity contribution is 0.307. The van der Waals surface area contributed by atoms with Crippen LogP contribution in [0.3, 0.4) is 0 Å². The predicted octanol–water partition coefficient (Wildman–Crippen LogP) is 5.38. The molecule has 3 unspecified atom stereocenters. The zero-order valence-electron chi connectivity index (χ0n) is 13.0. The van der Waals surface area contributed by atoms with Crippen molar-refractivity contribution in [1.82, 2.24) is 0 Å². The molecule has 0 aliphatic heterocycles. The van der Waals surface area contributed by atoms with E-state index >= 15 is 0 Å². The molecule has 0 aromatic heterocycles. The molecule has 2 aliphatic carbocycles. The molecule has 3 atom stereocenters. The SMILES string of the molecule is CCCC1CCC(C#N)C(Sc2ccc3c(c2)CCC3)C1. The van der Waals surface area contributed by atoms with Crippen LogP contribution in [0.5, 0.6) is 0 Å². The molecule has 0 amide bonds. The monoisotopic (exact) mass is 299 g/mol. The van der Waals surface area contributed by atoms with Crippen LogP contribution in [-0.2, 0) is 12.8 Å². The third kappa shape index (κ3) is 3.46. The molecule has 21 heavy (non-hydrogen) atoms. The largest absolute Gasteiger partial charge is 0.198 e. The fourth-order valence-electron chi connectivity index (χ4n) is 3.96. The molecular formula is C19H25NS. The van der Waals surface area contributed by atoms with Crippen LogP contribution in [0.25, 0.3) is 0 Å². The fourth-order valence-corrected chi connectivity index (χ4v) is 5.39. The van der Waals surface area contributed by atoms with Crippen molar-refractivity contribution in [3.8, 4) is 6.07 Å². The average Bonchev–Trinajstić information content (AvgIpc) is 2.95. The first-order valence-electron chi connectivity index (χ1n) is 8.48. The van der Waals surface area contributed by atoms with E-state index in [-0.39, 0.29) is 5.92 Å². The van der Waals surface area contributed by atoms with E-state index in [4.69, 9.17) is 0 Å². The van der Waals surface area contributed by atoms with E-state index in [1.165, 1.54) is 49.8 Å². The zero-order chi connectivity index (χ0) is 14.7. The molecule has 112 valence electrons. The second-order valence-electron chi connectivity index (χ2n) is 6.64. The van der Waals surface area contributed by atoms with Gasteiger partial charge in [-0.3, -0.25) is 0 Å². The maximum Gasteiger partial charge on any atom is 0.0667 e. The molecule has 1 aromatic carbocycles. The molecule has 1 fully saturated rings. The smallest absolute Gasteiger partial charge is 0.0667 e. The molecular weight excluding hydrogens is 274 g/mol. The van der Waals surface area contributed by atoms with Crippen LogP contribution in [-0.4, -0.2) is 5.25 Å². The minimum absolute atomic E-state index is 0.247. The highest BCUT2D eigenvalue weighted by Gasteiger charge is 2.31. The number of nitrogens with zero attached hydrogens (tertiary/aromatic N) is 1. The molecule has 0 radical (unpaired) electrons. The second kappa shape index (κ2) is 6.88. The molecule has 1 aromatic rings. The van der Waals surface area contributed by atoms with Gasteiger partial charge in [-0.1, -0.05) is 25.8 Å². The van der Waals surface area contributed by atoms with Gasteiger partial charge in [0.05, 0.1) is 12.0 Å². The average molecular weight is 299 g/mol. The Kier molecular flexibility index (Phi) is 4.91. The third-order valence-electron chi connectivity index (χ3n) is 5.12. The molecule has 3 rings (SSSR count). The molecule has 2 heteroatoms. The van der Waals surface area contributed by atoms with Crippen molar-refractivity contribution in [3.05, 3.63) is 29.3 Å². The highest BCUT2D eigenvalue weighted by atomic mass is 32.2. The summed E-state index contributed by atoms with van der Waals surface area (Å²) < 4.78 is 0. The number of nitriles is 1. The van der Waals surface area contributed by atoms with E-state index in [2.05, 4.69) is 31.2 Å². The van der Waals surface area contributed by atoms with Crippen molar-refractivity contribution in [2.45, 2.75) is 68.4 Å². The lowest BCUT2D eigenvalue weighted by Gasteiger charge is -2.32. The molecule has 0 bridgehead atoms. The van der Waals surface area contributed by atoms with Crippen molar-refractivity contribution in [2.24, 2.45) is 11.8 Å². The maximum absolute atomic E-state index is 9.45. The maximum atomic E-state index is 9.45. The van der Waals surface area contributed by atoms with Gasteiger partial charge in [0.2, 0.25) is 0 Å². The van der Waals surface area contributed by atoms with Crippen molar-refractivity contribution >= 4 is 11.8 Å². The number of benzene rings is 1. The van der Waals surface area contributed by atoms with E-state index in [1.807, 2.05) is 11.8 Å². The summed E-state index contributed by atoms with van der Waals surface area (Å²) in [6.07, 6.45) is 10.0. The summed E-state index contributed by atoms with van der Waals surface area (Å²) in [5.41, 5.74) is 3.10. The number of hydrogen-bond acceptors (Lipinski definition) is 2. The summed E-state index contributed by atoms with van der Waals surface area (Å²) in [5, 5.41) is 9.95. The van der Waals surface area contributed by atoms with E-state index in [1.54, 1.807) is 11.1 Å². The Hall–Kier alpha value is -0.940. The van der Waals surface area contributed by atoms with Crippen molar-refractivity contribution in [3.63, 3.8) is 0 Å². The van der Waals surface area contributed by atoms with Gasteiger partial charge in [0.15, 0.2) is 0 Å². The van der Waals surface area contributed by atoms with Gasteiger partial charge in [-0.25, -0.2) is 0 Å². The van der Waals surface area contributed by atoms with Gasteiger partial charge in [0.25, 0.3) is 0 Å². The number of rotatable bonds is 4. The summed E-state index contributed by atoms with van der Waals surface area (Å²) in [6.45, 7) is 2.28. The Morgan fingerprint density at radius 1 is 1.24 bits per heavy atom. The number of fused-ring (bicyclic) bond motifs is 1. The molecule has 1 nitrogen and oxygen atoms in total. The van der Waals surface area contributed by atoms with Crippen molar-refractivity contribution in [1.29, 1.82) is 5.26 Å². The quantitative estimate of drug-likeness (QED) is 0.745. The van der Waals surface area contributed by atoms with Gasteiger partial charge >= 0.3 is 0 Å². The van der Waals surface area contributed by atoms with Crippen molar-refractivity contribution in [2.75, 3.05) is 0 Å². The molecule has 2 aliphatic rings. The second-order valence-corrected chi connectivity index (χ2v) is 7.96. The summed E-state index contributed by atoms with van der Waals surface area (Å²) >= 11 is 1.97. The Balaban J connectivity index is 1.70. The Labute approximate surface area is 133 Å². The number of thioether (sulfide) groups is 1. The molecule has 0 saturated heterocycles. The normalized spacial score (nSPS) is 28.1. The lowest BCUT2D eigenvalue weighted by Crippen LogP contribution is -2.26. The van der Waals surface area contributed by atoms with E-state index in [9.17, 15) is 5.26 Å². The van der Waals surface area contributed by atoms with Crippen LogP contribution in [0.15, 0.2) is 23.1 Å². The van der Waals surface area contributed by atoms with Crippen LogP contribution in [0.2, 0.25) is 0 Å². The molecule has 0 heterocycles. The van der Waals surface area contributed by atoms with Crippen LogP contribution in [0.4, 0.5) is 0 Å². The summed E-state index contributed by atoms with van der Waals surface area (Å²) in [7, 11) is 0. The van der Waals surface area contributed by atoms with E-state index in [0.29, 0.717) is 5.25 Å². The number of hydrogen-bond donors (Lipinski definition) is 0. The van der Waals surface area contributed by atoms with Gasteiger partial charge in [0, 0.05) is 10.1 Å². The predicted molar refractivity (Wildman–Crippen MR) is 89.5 cm³/mol. The van der Waals surface area contributed by atoms with Crippen LogP contribution in [0, 0.1) is 23.2 Å². The van der Waals surface area contributed by atoms with Gasteiger partial charge in [-0.2, -0.15) is 5.26 Å². The molecule has 0 spiro atoms. The number of aryl methyl sites for hydroxylation is 2. The molecule has 0 N–H and O–H groups in total. The Morgan fingerprint density at radius 2 is 2.10 bits per heavy atom. The summed E-state index contributed by atoms with van der Waals surface area (Å²) in [4.78, 5) is 1.39. The third-order valence-corrected chi connectivity index (χ3v) is 6.47. The lowest BCUT2D eigenvalue weighted by atomic mass is 9.80. The Morgan fingerprint density at radius 3 is 2.90 bits per heavy atom. The van der Waals surface area contributed by atoms with Crippen LogP contribution in [0.1, 0.15) is 56.6 Å². The summed E-state index contributed by atoms with van der Waals surface area (Å²) in [5.74, 6) is 1.09. The Bertz CT molecular complexity index is 531.